The van der Waals surface area contributed by atoms with Crippen LogP contribution in [-0.4, -0.2) is 11.7 Å². The molecule has 0 spiro atoms. The van der Waals surface area contributed by atoms with Gasteiger partial charge in [0.1, 0.15) is 5.82 Å². The number of nitrogens with zero attached hydrogens (tertiary/aromatic N) is 1. The van der Waals surface area contributed by atoms with Gasteiger partial charge < -0.3 is 10.0 Å². The topological polar surface area (TPSA) is 23.5 Å². The summed E-state index contributed by atoms with van der Waals surface area (Å²) in [6.07, 6.45) is 1.27. The Hall–Kier alpha value is -1.58. The van der Waals surface area contributed by atoms with Gasteiger partial charge in [0.05, 0.1) is 11.1 Å². The number of aliphatic hydroxyl groups excluding tert-OH is 1. The van der Waals surface area contributed by atoms with Crippen LogP contribution in [0.25, 0.3) is 0 Å². The Morgan fingerprint density at radius 1 is 1.24 bits per heavy atom. The first-order valence-corrected chi connectivity index (χ1v) is 7.49. The largest absolute Gasteiger partial charge is 0.388 e. The van der Waals surface area contributed by atoms with Gasteiger partial charge in [0.15, 0.2) is 0 Å². The van der Waals surface area contributed by atoms with Crippen LogP contribution < -0.4 is 4.90 Å². The fraction of sp³-hybridized carbons (Fsp3) is 0.294. The van der Waals surface area contributed by atoms with Crippen molar-refractivity contribution < 1.29 is 9.50 Å². The highest BCUT2D eigenvalue weighted by molar-refractivity contribution is 6.30. The molecule has 4 heteroatoms. The fourth-order valence-electron chi connectivity index (χ4n) is 2.83. The van der Waals surface area contributed by atoms with Crippen molar-refractivity contribution in [2.24, 2.45) is 0 Å². The van der Waals surface area contributed by atoms with Gasteiger partial charge in [-0.1, -0.05) is 35.9 Å². The molecule has 0 saturated carbocycles. The number of hydrogen-bond donors (Lipinski definition) is 1. The van der Waals surface area contributed by atoms with Crippen LogP contribution in [0, 0.1) is 5.82 Å². The zero-order valence-corrected chi connectivity index (χ0v) is 12.4. The van der Waals surface area contributed by atoms with Crippen molar-refractivity contribution in [2.45, 2.75) is 25.5 Å². The molecule has 1 atom stereocenters. The average Bonchev–Trinajstić information content (AvgIpc) is 2.64. The number of hydrogen-bond acceptors (Lipinski definition) is 2. The third-order valence-corrected chi connectivity index (χ3v) is 4.19. The van der Waals surface area contributed by atoms with Gasteiger partial charge in [-0.3, -0.25) is 0 Å². The summed E-state index contributed by atoms with van der Waals surface area (Å²) < 4.78 is 13.3. The first kappa shape index (κ1) is 14.4. The van der Waals surface area contributed by atoms with Gasteiger partial charge in [-0.25, -0.2) is 4.39 Å². The summed E-state index contributed by atoms with van der Waals surface area (Å²) in [6, 6.07) is 12.7. The van der Waals surface area contributed by atoms with Gasteiger partial charge in [-0.2, -0.15) is 0 Å². The van der Waals surface area contributed by atoms with E-state index in [9.17, 15) is 9.50 Å². The van der Waals surface area contributed by atoms with Crippen molar-refractivity contribution in [3.05, 3.63) is 64.4 Å². The maximum absolute atomic E-state index is 13.3. The number of halogens is 2. The number of rotatable bonds is 2. The molecule has 3 rings (SSSR count). The minimum absolute atomic E-state index is 0.149. The maximum atomic E-state index is 13.3. The Morgan fingerprint density at radius 3 is 2.86 bits per heavy atom. The number of aliphatic hydroxyl groups is 1. The minimum Gasteiger partial charge on any atom is -0.388 e. The van der Waals surface area contributed by atoms with Crippen molar-refractivity contribution in [1.29, 1.82) is 0 Å². The third kappa shape index (κ3) is 3.04. The summed E-state index contributed by atoms with van der Waals surface area (Å²) in [5, 5.41) is 10.4. The molecule has 21 heavy (non-hydrogen) atoms. The lowest BCUT2D eigenvalue weighted by atomic mass is 10.0. The fourth-order valence-corrected chi connectivity index (χ4v) is 3.03. The monoisotopic (exact) mass is 305 g/mol. The Bertz CT molecular complexity index is 646. The van der Waals surface area contributed by atoms with Gasteiger partial charge in [0, 0.05) is 24.3 Å². The first-order chi connectivity index (χ1) is 10.1. The molecule has 0 saturated heterocycles. The van der Waals surface area contributed by atoms with Crippen LogP contribution in [0.3, 0.4) is 0 Å². The molecule has 1 unspecified atom stereocenters. The van der Waals surface area contributed by atoms with Crippen molar-refractivity contribution >= 4 is 17.3 Å². The lowest BCUT2D eigenvalue weighted by molar-refractivity contribution is 0.168. The molecule has 2 aromatic rings. The van der Waals surface area contributed by atoms with Crippen molar-refractivity contribution in [1.82, 2.24) is 0 Å². The molecule has 1 N–H and O–H groups in total. The molecule has 2 aromatic carbocycles. The van der Waals surface area contributed by atoms with E-state index in [1.165, 1.54) is 6.07 Å². The van der Waals surface area contributed by atoms with Crippen LogP contribution in [0.4, 0.5) is 10.1 Å². The molecule has 2 nitrogen and oxygen atoms in total. The summed E-state index contributed by atoms with van der Waals surface area (Å²) in [7, 11) is 0. The first-order valence-electron chi connectivity index (χ1n) is 7.11. The Labute approximate surface area is 128 Å². The predicted molar refractivity (Wildman–Crippen MR) is 83.1 cm³/mol. The van der Waals surface area contributed by atoms with Gasteiger partial charge >= 0.3 is 0 Å². The van der Waals surface area contributed by atoms with Gasteiger partial charge in [0.25, 0.3) is 0 Å². The van der Waals surface area contributed by atoms with E-state index in [1.54, 1.807) is 12.1 Å². The van der Waals surface area contributed by atoms with Crippen LogP contribution in [0.15, 0.2) is 42.5 Å². The third-order valence-electron chi connectivity index (χ3n) is 3.90. The molecule has 0 bridgehead atoms. The second kappa shape index (κ2) is 6.04. The van der Waals surface area contributed by atoms with E-state index in [1.807, 2.05) is 24.3 Å². The second-order valence-electron chi connectivity index (χ2n) is 5.39. The molecule has 1 aliphatic heterocycles. The maximum Gasteiger partial charge on any atom is 0.141 e. The molecule has 1 aliphatic rings. The molecule has 0 aromatic heterocycles. The van der Waals surface area contributed by atoms with Crippen LogP contribution in [0.2, 0.25) is 5.02 Å². The van der Waals surface area contributed by atoms with Crippen molar-refractivity contribution in [2.75, 3.05) is 11.4 Å². The molecular weight excluding hydrogens is 289 g/mol. The van der Waals surface area contributed by atoms with E-state index >= 15 is 0 Å². The molecule has 0 amide bonds. The standard InChI is InChI=1S/C17H17ClFNO/c18-14-10-12(7-8-15(14)19)11-20-9-3-6-17(21)13-4-1-2-5-16(13)20/h1-2,4-5,7-8,10,17,21H,3,6,9,11H2. The zero-order valence-electron chi connectivity index (χ0n) is 11.6. The molecule has 0 radical (unpaired) electrons. The number of benzene rings is 2. The SMILES string of the molecule is OC1CCCN(Cc2ccc(F)c(Cl)c2)c2ccccc21. The van der Waals surface area contributed by atoms with E-state index in [0.717, 1.165) is 36.2 Å². The molecule has 0 aliphatic carbocycles. The molecule has 0 fully saturated rings. The second-order valence-corrected chi connectivity index (χ2v) is 5.79. The Morgan fingerprint density at radius 2 is 2.05 bits per heavy atom. The van der Waals surface area contributed by atoms with E-state index in [-0.39, 0.29) is 5.02 Å². The van der Waals surface area contributed by atoms with Gasteiger partial charge in [-0.15, -0.1) is 0 Å². The van der Waals surface area contributed by atoms with Crippen LogP contribution in [0.1, 0.15) is 30.1 Å². The Kier molecular flexibility index (Phi) is 4.13. The lowest BCUT2D eigenvalue weighted by Crippen LogP contribution is -2.23. The van der Waals surface area contributed by atoms with Gasteiger partial charge in [0.2, 0.25) is 0 Å². The average molecular weight is 306 g/mol. The molecule has 1 heterocycles. The van der Waals surface area contributed by atoms with Gasteiger partial charge in [-0.05, 0) is 36.6 Å². The summed E-state index contributed by atoms with van der Waals surface area (Å²) in [4.78, 5) is 2.22. The van der Waals surface area contributed by atoms with E-state index < -0.39 is 11.9 Å². The summed E-state index contributed by atoms with van der Waals surface area (Å²) in [6.45, 7) is 1.52. The molecule has 110 valence electrons. The quantitative estimate of drug-likeness (QED) is 0.893. The molecular formula is C17H17ClFNO. The number of fused-ring (bicyclic) bond motifs is 1. The van der Waals surface area contributed by atoms with Crippen molar-refractivity contribution in [3.63, 3.8) is 0 Å². The highest BCUT2D eigenvalue weighted by Gasteiger charge is 2.21. The van der Waals surface area contributed by atoms with E-state index in [4.69, 9.17) is 11.6 Å². The van der Waals surface area contributed by atoms with Crippen LogP contribution in [0.5, 0.6) is 0 Å². The number of para-hydroxylation sites is 1. The van der Waals surface area contributed by atoms with Crippen LogP contribution in [-0.2, 0) is 6.54 Å². The van der Waals surface area contributed by atoms with Crippen molar-refractivity contribution in [3.8, 4) is 0 Å². The predicted octanol–water partition coefficient (Wildman–Crippen LogP) is 4.31. The summed E-state index contributed by atoms with van der Waals surface area (Å²) >= 11 is 5.85. The minimum atomic E-state index is -0.414. The van der Waals surface area contributed by atoms with E-state index in [2.05, 4.69) is 4.90 Å². The highest BCUT2D eigenvalue weighted by atomic mass is 35.5. The summed E-state index contributed by atoms with van der Waals surface area (Å²) in [5.41, 5.74) is 2.97. The highest BCUT2D eigenvalue weighted by Crippen LogP contribution is 2.33. The normalized spacial score (nSPS) is 18.2. The van der Waals surface area contributed by atoms with E-state index in [0.29, 0.717) is 6.54 Å². The zero-order chi connectivity index (χ0) is 14.8. The van der Waals surface area contributed by atoms with Crippen LogP contribution >= 0.6 is 11.6 Å². The smallest absolute Gasteiger partial charge is 0.141 e. The Balaban J connectivity index is 1.91. The summed E-state index contributed by atoms with van der Waals surface area (Å²) in [5.74, 6) is -0.396. The lowest BCUT2D eigenvalue weighted by Gasteiger charge is -2.25. The number of anilines is 1.